The highest BCUT2D eigenvalue weighted by Crippen LogP contribution is 2.12. The second-order valence-corrected chi connectivity index (χ2v) is 5.64. The first kappa shape index (κ1) is 13.4. The van der Waals surface area contributed by atoms with Crippen molar-refractivity contribution >= 4 is 10.9 Å². The molecule has 20 heavy (non-hydrogen) atoms. The molecule has 0 N–H and O–H groups in total. The van der Waals surface area contributed by atoms with Gasteiger partial charge in [0.05, 0.1) is 5.52 Å². The summed E-state index contributed by atoms with van der Waals surface area (Å²) in [5, 5.41) is 1.14. The summed E-state index contributed by atoms with van der Waals surface area (Å²) >= 11 is 0. The number of nitrogens with zero attached hydrogens (tertiary/aromatic N) is 2. The van der Waals surface area contributed by atoms with Crippen molar-refractivity contribution < 1.29 is 0 Å². The average Bonchev–Trinajstić information content (AvgIpc) is 2.75. The van der Waals surface area contributed by atoms with Crippen LogP contribution in [-0.2, 0) is 6.54 Å². The molecule has 0 atom stereocenters. The van der Waals surface area contributed by atoms with Gasteiger partial charge >= 0.3 is 0 Å². The predicted molar refractivity (Wildman–Crippen MR) is 83.1 cm³/mol. The fourth-order valence-electron chi connectivity index (χ4n) is 3.08. The van der Waals surface area contributed by atoms with Gasteiger partial charge in [-0.2, -0.15) is 0 Å². The van der Waals surface area contributed by atoms with Crippen molar-refractivity contribution in [3.63, 3.8) is 0 Å². The standard InChI is InChI=1S/C17H22N2O/c20-17-10-9-15-7-3-4-8-16(15)19(17)14-13-18-11-5-1-2-6-12-18/h3-4,7-10H,1-2,5-6,11-14H2. The van der Waals surface area contributed by atoms with Crippen LogP contribution in [0.5, 0.6) is 0 Å². The Balaban J connectivity index is 1.79. The van der Waals surface area contributed by atoms with Crippen molar-refractivity contribution in [1.29, 1.82) is 0 Å². The van der Waals surface area contributed by atoms with Gasteiger partial charge in [-0.05, 0) is 43.5 Å². The normalized spacial score (nSPS) is 17.2. The van der Waals surface area contributed by atoms with E-state index in [9.17, 15) is 4.79 Å². The SMILES string of the molecule is O=c1ccc2ccccc2n1CCN1CCCCCC1. The Hall–Kier alpha value is -1.61. The zero-order valence-corrected chi connectivity index (χ0v) is 11.9. The molecule has 1 fully saturated rings. The van der Waals surface area contributed by atoms with Gasteiger partial charge in [0.15, 0.2) is 0 Å². The molecular formula is C17H22N2O. The molecule has 0 unspecified atom stereocenters. The summed E-state index contributed by atoms with van der Waals surface area (Å²) in [6.45, 7) is 4.13. The van der Waals surface area contributed by atoms with Gasteiger partial charge in [-0.1, -0.05) is 31.0 Å². The van der Waals surface area contributed by atoms with Gasteiger partial charge in [-0.25, -0.2) is 0 Å². The highest BCUT2D eigenvalue weighted by Gasteiger charge is 2.10. The van der Waals surface area contributed by atoms with E-state index >= 15 is 0 Å². The molecule has 1 aromatic heterocycles. The molecule has 3 heteroatoms. The molecule has 2 heterocycles. The lowest BCUT2D eigenvalue weighted by Crippen LogP contribution is -2.31. The van der Waals surface area contributed by atoms with Crippen LogP contribution in [-0.4, -0.2) is 29.1 Å². The van der Waals surface area contributed by atoms with E-state index in [2.05, 4.69) is 11.0 Å². The maximum Gasteiger partial charge on any atom is 0.251 e. The van der Waals surface area contributed by atoms with Crippen LogP contribution in [0.1, 0.15) is 25.7 Å². The average molecular weight is 270 g/mol. The number of fused-ring (bicyclic) bond motifs is 1. The molecule has 0 bridgehead atoms. The molecule has 1 aliphatic rings. The van der Waals surface area contributed by atoms with Crippen molar-refractivity contribution in [1.82, 2.24) is 9.47 Å². The van der Waals surface area contributed by atoms with E-state index in [0.717, 1.165) is 24.0 Å². The van der Waals surface area contributed by atoms with Gasteiger partial charge in [0.1, 0.15) is 0 Å². The zero-order chi connectivity index (χ0) is 13.8. The summed E-state index contributed by atoms with van der Waals surface area (Å²) in [7, 11) is 0. The van der Waals surface area contributed by atoms with Crippen LogP contribution in [0.2, 0.25) is 0 Å². The van der Waals surface area contributed by atoms with Gasteiger partial charge in [0.2, 0.25) is 0 Å². The molecule has 0 amide bonds. The van der Waals surface area contributed by atoms with Crippen molar-refractivity contribution in [2.45, 2.75) is 32.2 Å². The van der Waals surface area contributed by atoms with Gasteiger partial charge in [-0.3, -0.25) is 4.79 Å². The number of rotatable bonds is 3. The lowest BCUT2D eigenvalue weighted by molar-refractivity contribution is 0.273. The number of aromatic nitrogens is 1. The minimum Gasteiger partial charge on any atom is -0.307 e. The minimum absolute atomic E-state index is 0.110. The Labute approximate surface area is 119 Å². The van der Waals surface area contributed by atoms with Crippen molar-refractivity contribution in [2.24, 2.45) is 0 Å². The van der Waals surface area contributed by atoms with E-state index in [4.69, 9.17) is 0 Å². The van der Waals surface area contributed by atoms with E-state index in [1.165, 1.54) is 38.8 Å². The van der Waals surface area contributed by atoms with E-state index in [1.54, 1.807) is 6.07 Å². The van der Waals surface area contributed by atoms with Gasteiger partial charge in [-0.15, -0.1) is 0 Å². The van der Waals surface area contributed by atoms with Crippen molar-refractivity contribution in [2.75, 3.05) is 19.6 Å². The summed E-state index contributed by atoms with van der Waals surface area (Å²) in [6.07, 6.45) is 5.30. The number of hydrogen-bond donors (Lipinski definition) is 0. The Morgan fingerprint density at radius 1 is 0.850 bits per heavy atom. The van der Waals surface area contributed by atoms with E-state index < -0.39 is 0 Å². The summed E-state index contributed by atoms with van der Waals surface area (Å²) in [4.78, 5) is 14.6. The lowest BCUT2D eigenvalue weighted by atomic mass is 10.2. The Morgan fingerprint density at radius 3 is 2.40 bits per heavy atom. The highest BCUT2D eigenvalue weighted by molar-refractivity contribution is 5.78. The summed E-state index contributed by atoms with van der Waals surface area (Å²) < 4.78 is 1.92. The maximum atomic E-state index is 12.1. The molecule has 3 nitrogen and oxygen atoms in total. The fourth-order valence-corrected chi connectivity index (χ4v) is 3.08. The molecule has 0 aliphatic carbocycles. The second kappa shape index (κ2) is 6.23. The molecule has 0 saturated carbocycles. The molecule has 3 rings (SSSR count). The van der Waals surface area contributed by atoms with E-state index in [0.29, 0.717) is 0 Å². The third kappa shape index (κ3) is 2.93. The van der Waals surface area contributed by atoms with Gasteiger partial charge in [0.25, 0.3) is 5.56 Å². The van der Waals surface area contributed by atoms with Crippen molar-refractivity contribution in [3.05, 3.63) is 46.8 Å². The van der Waals surface area contributed by atoms with Crippen LogP contribution in [0.3, 0.4) is 0 Å². The number of benzene rings is 1. The Morgan fingerprint density at radius 2 is 1.60 bits per heavy atom. The number of likely N-dealkylation sites (tertiary alicyclic amines) is 1. The topological polar surface area (TPSA) is 25.2 Å². The number of pyridine rings is 1. The van der Waals surface area contributed by atoms with Crippen LogP contribution < -0.4 is 5.56 Å². The summed E-state index contributed by atoms with van der Waals surface area (Å²) in [5.41, 5.74) is 1.16. The smallest absolute Gasteiger partial charge is 0.251 e. The van der Waals surface area contributed by atoms with E-state index in [-0.39, 0.29) is 5.56 Å². The summed E-state index contributed by atoms with van der Waals surface area (Å²) in [5.74, 6) is 0. The zero-order valence-electron chi connectivity index (χ0n) is 11.9. The van der Waals surface area contributed by atoms with Crippen LogP contribution in [0.4, 0.5) is 0 Å². The fraction of sp³-hybridized carbons (Fsp3) is 0.471. The van der Waals surface area contributed by atoms with Crippen molar-refractivity contribution in [3.8, 4) is 0 Å². The molecule has 1 aromatic carbocycles. The van der Waals surface area contributed by atoms with Gasteiger partial charge in [0, 0.05) is 19.2 Å². The summed E-state index contributed by atoms with van der Waals surface area (Å²) in [6, 6.07) is 11.7. The molecule has 2 aromatic rings. The molecular weight excluding hydrogens is 248 g/mol. The largest absolute Gasteiger partial charge is 0.307 e. The van der Waals surface area contributed by atoms with Crippen LogP contribution in [0, 0.1) is 0 Å². The third-order valence-electron chi connectivity index (χ3n) is 4.24. The number of hydrogen-bond acceptors (Lipinski definition) is 2. The lowest BCUT2D eigenvalue weighted by Gasteiger charge is -2.20. The minimum atomic E-state index is 0.110. The monoisotopic (exact) mass is 270 g/mol. The third-order valence-corrected chi connectivity index (χ3v) is 4.24. The molecule has 1 aliphatic heterocycles. The second-order valence-electron chi connectivity index (χ2n) is 5.64. The first-order chi connectivity index (χ1) is 9.84. The quantitative estimate of drug-likeness (QED) is 0.857. The maximum absolute atomic E-state index is 12.1. The van der Waals surface area contributed by atoms with Gasteiger partial charge < -0.3 is 9.47 Å². The predicted octanol–water partition coefficient (Wildman–Crippen LogP) is 2.88. The molecule has 1 saturated heterocycles. The molecule has 106 valence electrons. The van der Waals surface area contributed by atoms with E-state index in [1.807, 2.05) is 28.8 Å². The Kier molecular flexibility index (Phi) is 4.16. The van der Waals surface area contributed by atoms with Crippen LogP contribution >= 0.6 is 0 Å². The Bertz CT molecular complexity index is 624. The molecule has 0 spiro atoms. The number of para-hydroxylation sites is 1. The first-order valence-corrected chi connectivity index (χ1v) is 7.65. The first-order valence-electron chi connectivity index (χ1n) is 7.65. The van der Waals surface area contributed by atoms with Crippen LogP contribution in [0.25, 0.3) is 10.9 Å². The highest BCUT2D eigenvalue weighted by atomic mass is 16.1. The van der Waals surface area contributed by atoms with Crippen LogP contribution in [0.15, 0.2) is 41.2 Å². The molecule has 0 radical (unpaired) electrons.